The first-order chi connectivity index (χ1) is 19.7. The highest BCUT2D eigenvalue weighted by Crippen LogP contribution is 2.55. The zero-order chi connectivity index (χ0) is 28.7. The highest BCUT2D eigenvalue weighted by Gasteiger charge is 2.52. The van der Waals surface area contributed by atoms with E-state index in [2.05, 4.69) is 20.9 Å². The smallest absolute Gasteiger partial charge is 0.289 e. The molecule has 1 spiro atoms. The maximum Gasteiger partial charge on any atom is 0.289 e. The van der Waals surface area contributed by atoms with Crippen molar-refractivity contribution in [2.45, 2.75) is 76.4 Å². The van der Waals surface area contributed by atoms with Crippen LogP contribution in [0.2, 0.25) is 0 Å². The van der Waals surface area contributed by atoms with Crippen molar-refractivity contribution >= 4 is 40.7 Å². The van der Waals surface area contributed by atoms with Crippen LogP contribution in [-0.2, 0) is 19.2 Å². The number of amides is 4. The molecular weight excluding hydrogens is 542 g/mol. The van der Waals surface area contributed by atoms with E-state index >= 15 is 0 Å². The normalized spacial score (nSPS) is 23.5. The highest BCUT2D eigenvalue weighted by molar-refractivity contribution is 7.14. The molecule has 3 atom stereocenters. The van der Waals surface area contributed by atoms with Crippen LogP contribution >= 0.6 is 11.3 Å². The van der Waals surface area contributed by atoms with Crippen molar-refractivity contribution in [3.05, 3.63) is 40.2 Å². The second kappa shape index (κ2) is 11.0. The number of likely N-dealkylation sites (tertiary alicyclic amines) is 1. The monoisotopic (exact) mass is 577 g/mol. The third-order valence-electron chi connectivity index (χ3n) is 8.89. The van der Waals surface area contributed by atoms with Crippen LogP contribution in [0.25, 0.3) is 11.3 Å². The third-order valence-corrected chi connectivity index (χ3v) is 9.84. The summed E-state index contributed by atoms with van der Waals surface area (Å²) in [7, 11) is 0. The number of aryl methyl sites for hydroxylation is 1. The summed E-state index contributed by atoms with van der Waals surface area (Å²) in [5.41, 5.74) is 1.70. The lowest BCUT2D eigenvalue weighted by atomic mass is 9.87. The molecule has 1 aromatic carbocycles. The first-order valence-electron chi connectivity index (χ1n) is 14.5. The van der Waals surface area contributed by atoms with Gasteiger partial charge in [-0.2, -0.15) is 0 Å². The van der Waals surface area contributed by atoms with Gasteiger partial charge in [0.1, 0.15) is 6.04 Å². The average Bonchev–Trinajstić information content (AvgIpc) is 3.87. The number of hydrogen-bond donors (Lipinski definition) is 3. The molecule has 2 aliphatic heterocycles. The fourth-order valence-electron chi connectivity index (χ4n) is 6.01. The summed E-state index contributed by atoms with van der Waals surface area (Å²) in [4.78, 5) is 73.1. The summed E-state index contributed by atoms with van der Waals surface area (Å²) in [5, 5.41) is 8.60. The molecule has 3 N–H and O–H groups in total. The Morgan fingerprint density at radius 2 is 1.88 bits per heavy atom. The number of nitrogens with zero attached hydrogens (tertiary/aromatic N) is 2. The lowest BCUT2D eigenvalue weighted by molar-refractivity contribution is -0.141. The number of nitrogens with one attached hydrogen (secondary N) is 3. The molecule has 11 heteroatoms. The molecule has 2 aromatic rings. The Labute approximate surface area is 242 Å². The molecule has 0 radical (unpaired) electrons. The van der Waals surface area contributed by atoms with Gasteiger partial charge < -0.3 is 20.9 Å². The number of ketones is 1. The number of thiazole rings is 1. The number of rotatable bonds is 9. The van der Waals surface area contributed by atoms with Gasteiger partial charge in [0.05, 0.1) is 11.7 Å². The van der Waals surface area contributed by atoms with Crippen LogP contribution in [0.15, 0.2) is 30.3 Å². The number of aromatic nitrogens is 1. The molecular formula is C30H35N5O5S. The number of benzene rings is 1. The molecule has 4 amide bonds. The van der Waals surface area contributed by atoms with Crippen molar-refractivity contribution < 1.29 is 24.0 Å². The van der Waals surface area contributed by atoms with E-state index in [0.29, 0.717) is 30.9 Å². The van der Waals surface area contributed by atoms with Gasteiger partial charge in [-0.05, 0) is 63.7 Å². The third kappa shape index (κ3) is 5.91. The van der Waals surface area contributed by atoms with Gasteiger partial charge in [-0.3, -0.25) is 24.0 Å². The Morgan fingerprint density at radius 1 is 1.12 bits per heavy atom. The molecule has 216 valence electrons. The maximum absolute atomic E-state index is 13.9. The number of carbonyl (C=O) groups excluding carboxylic acids is 5. The molecule has 2 aliphatic carbocycles. The van der Waals surface area contributed by atoms with Crippen molar-refractivity contribution in [1.82, 2.24) is 25.8 Å². The Morgan fingerprint density at radius 3 is 2.54 bits per heavy atom. The maximum atomic E-state index is 13.9. The van der Waals surface area contributed by atoms with Crippen LogP contribution < -0.4 is 16.0 Å². The number of carbonyl (C=O) groups is 5. The summed E-state index contributed by atoms with van der Waals surface area (Å²) in [6.07, 6.45) is 5.55. The van der Waals surface area contributed by atoms with Gasteiger partial charge in [0, 0.05) is 35.5 Å². The molecule has 41 heavy (non-hydrogen) atoms. The van der Waals surface area contributed by atoms with Crippen LogP contribution in [0.4, 0.5) is 0 Å². The lowest BCUT2D eigenvalue weighted by Gasteiger charge is -2.39. The standard InChI is InChI=1S/C30H35N5O5S/c1-17-23(18-5-3-2-4-6-18)34-28(41-17)29(40)35-14-12-30(10-11-30)16-22(35)26(38)33-21(15-19-9-13-31-25(19)37)24(36)27(39)32-20-7-8-20/h2-6,19-22H,7-16H2,1H3,(H,31,37)(H,32,39)(H,33,38). The van der Waals surface area contributed by atoms with Gasteiger partial charge in [-0.1, -0.05) is 30.3 Å². The summed E-state index contributed by atoms with van der Waals surface area (Å²) < 4.78 is 0. The molecule has 4 aliphatic rings. The van der Waals surface area contributed by atoms with Gasteiger partial charge in [0.15, 0.2) is 5.01 Å². The number of Topliss-reactive ketones (excluding diaryl/α,β-unsaturated/α-hetero) is 1. The number of piperidine rings is 1. The van der Waals surface area contributed by atoms with E-state index in [0.717, 1.165) is 48.2 Å². The van der Waals surface area contributed by atoms with E-state index in [-0.39, 0.29) is 29.7 Å². The fourth-order valence-corrected chi connectivity index (χ4v) is 6.91. The molecule has 6 rings (SSSR count). The van der Waals surface area contributed by atoms with E-state index in [1.54, 1.807) is 4.90 Å². The van der Waals surface area contributed by atoms with E-state index in [1.165, 1.54) is 11.3 Å². The van der Waals surface area contributed by atoms with Crippen LogP contribution in [0.5, 0.6) is 0 Å². The molecule has 4 fully saturated rings. The quantitative estimate of drug-likeness (QED) is 0.392. The summed E-state index contributed by atoms with van der Waals surface area (Å²) in [6, 6.07) is 7.73. The predicted molar refractivity (Wildman–Crippen MR) is 152 cm³/mol. The molecule has 2 saturated heterocycles. The van der Waals surface area contributed by atoms with Gasteiger partial charge in [-0.15, -0.1) is 11.3 Å². The first-order valence-corrected chi connectivity index (χ1v) is 15.3. The fraction of sp³-hybridized carbons (Fsp3) is 0.533. The van der Waals surface area contributed by atoms with Crippen LogP contribution in [0.3, 0.4) is 0 Å². The molecule has 0 bridgehead atoms. The summed E-state index contributed by atoms with van der Waals surface area (Å²) in [6.45, 7) is 2.85. The van der Waals surface area contributed by atoms with Crippen molar-refractivity contribution in [2.75, 3.05) is 13.1 Å². The van der Waals surface area contributed by atoms with E-state index in [1.807, 2.05) is 37.3 Å². The Bertz CT molecular complexity index is 1380. The minimum Gasteiger partial charge on any atom is -0.356 e. The zero-order valence-corrected chi connectivity index (χ0v) is 23.9. The Hall–Kier alpha value is -3.60. The van der Waals surface area contributed by atoms with Gasteiger partial charge in [-0.25, -0.2) is 4.98 Å². The second-order valence-corrected chi connectivity index (χ2v) is 13.1. The minimum atomic E-state index is -1.14. The summed E-state index contributed by atoms with van der Waals surface area (Å²) >= 11 is 1.31. The van der Waals surface area contributed by atoms with Crippen molar-refractivity contribution in [1.29, 1.82) is 0 Å². The highest BCUT2D eigenvalue weighted by atomic mass is 32.1. The van der Waals surface area contributed by atoms with Gasteiger partial charge in [0.2, 0.25) is 17.6 Å². The first kappa shape index (κ1) is 27.6. The molecule has 3 heterocycles. The summed E-state index contributed by atoms with van der Waals surface area (Å²) in [5.74, 6) is -2.90. The molecule has 2 saturated carbocycles. The molecule has 10 nitrogen and oxygen atoms in total. The van der Waals surface area contributed by atoms with Crippen LogP contribution in [-0.4, -0.2) is 70.5 Å². The largest absolute Gasteiger partial charge is 0.356 e. The van der Waals surface area contributed by atoms with E-state index in [9.17, 15) is 24.0 Å². The van der Waals surface area contributed by atoms with Crippen molar-refractivity contribution in [3.8, 4) is 11.3 Å². The second-order valence-electron chi connectivity index (χ2n) is 11.9. The van der Waals surface area contributed by atoms with Gasteiger partial charge in [0.25, 0.3) is 11.8 Å². The average molecular weight is 578 g/mol. The SMILES string of the molecule is Cc1sc(C(=O)N2CCC3(CC3)CC2C(=O)NC(CC2CCNC2=O)C(=O)C(=O)NC2CC2)nc1-c1ccccc1. The zero-order valence-electron chi connectivity index (χ0n) is 23.1. The topological polar surface area (TPSA) is 138 Å². The Balaban J connectivity index is 1.23. The number of hydrogen-bond acceptors (Lipinski definition) is 7. The van der Waals surface area contributed by atoms with Crippen molar-refractivity contribution in [3.63, 3.8) is 0 Å². The predicted octanol–water partition coefficient (Wildman–Crippen LogP) is 2.36. The Kier molecular flexibility index (Phi) is 7.39. The molecule has 1 aromatic heterocycles. The van der Waals surface area contributed by atoms with E-state index < -0.39 is 35.6 Å². The van der Waals surface area contributed by atoms with Gasteiger partial charge >= 0.3 is 0 Å². The van der Waals surface area contributed by atoms with Crippen LogP contribution in [0.1, 0.15) is 66.0 Å². The van der Waals surface area contributed by atoms with Crippen LogP contribution in [0, 0.1) is 18.3 Å². The van der Waals surface area contributed by atoms with Crippen molar-refractivity contribution in [2.24, 2.45) is 11.3 Å². The van der Waals surface area contributed by atoms with E-state index in [4.69, 9.17) is 0 Å². The lowest BCUT2D eigenvalue weighted by Crippen LogP contribution is -2.58. The molecule has 3 unspecified atom stereocenters. The minimum absolute atomic E-state index is 0.0127.